The smallest absolute Gasteiger partial charge is 0.313 e. The topological polar surface area (TPSA) is 81.4 Å². The third-order valence-electron chi connectivity index (χ3n) is 1.50. The molecular formula is C10H25NO6P2. The Hall–Kier alpha value is 0.580. The molecule has 116 valence electrons. The predicted octanol–water partition coefficient (Wildman–Crippen LogP) is 2.90. The van der Waals surface area contributed by atoms with Crippen LogP contribution in [0.1, 0.15) is 27.7 Å². The third-order valence-corrected chi connectivity index (χ3v) is 4.18. The van der Waals surface area contributed by atoms with Gasteiger partial charge in [-0.2, -0.15) is 0 Å². The van der Waals surface area contributed by atoms with Gasteiger partial charge in [0.1, 0.15) is 6.23 Å². The fourth-order valence-electron chi connectivity index (χ4n) is 0.907. The highest BCUT2D eigenvalue weighted by Crippen LogP contribution is 2.42. The molecule has 0 amide bonds. The molecule has 0 saturated carbocycles. The maximum absolute atomic E-state index is 5.78. The van der Waals surface area contributed by atoms with Crippen molar-refractivity contribution in [1.29, 1.82) is 0 Å². The Morgan fingerprint density at radius 3 is 1.58 bits per heavy atom. The fourth-order valence-corrected chi connectivity index (χ4v) is 2.72. The highest BCUT2D eigenvalue weighted by Gasteiger charge is 2.19. The van der Waals surface area contributed by atoms with E-state index in [0.29, 0.717) is 26.4 Å². The Labute approximate surface area is 118 Å². The molecule has 1 unspecified atom stereocenters. The summed E-state index contributed by atoms with van der Waals surface area (Å²) >= 11 is 0. The molecular weight excluding hydrogens is 292 g/mol. The van der Waals surface area contributed by atoms with Crippen molar-refractivity contribution in [2.45, 2.75) is 33.9 Å². The minimum absolute atomic E-state index is 0.157. The van der Waals surface area contributed by atoms with Crippen LogP contribution in [0.5, 0.6) is 0 Å². The maximum Gasteiger partial charge on any atom is 0.334 e. The van der Waals surface area contributed by atoms with Gasteiger partial charge < -0.3 is 28.4 Å². The van der Waals surface area contributed by atoms with Crippen molar-refractivity contribution in [3.63, 3.8) is 0 Å². The van der Waals surface area contributed by atoms with Gasteiger partial charge in [0.2, 0.25) is 0 Å². The average Bonchev–Trinajstić information content (AvgIpc) is 2.37. The van der Waals surface area contributed by atoms with Crippen molar-refractivity contribution < 1.29 is 27.1 Å². The van der Waals surface area contributed by atoms with Crippen LogP contribution in [0.2, 0.25) is 0 Å². The zero-order chi connectivity index (χ0) is 14.5. The Kier molecular flexibility index (Phi) is 14.0. The Morgan fingerprint density at radius 2 is 1.16 bits per heavy atom. The van der Waals surface area contributed by atoms with Gasteiger partial charge in [0.25, 0.3) is 0 Å². The van der Waals surface area contributed by atoms with Crippen LogP contribution < -0.4 is 5.73 Å². The first-order chi connectivity index (χ1) is 9.17. The van der Waals surface area contributed by atoms with Crippen molar-refractivity contribution in [1.82, 2.24) is 0 Å². The summed E-state index contributed by atoms with van der Waals surface area (Å²) in [5.74, 6) is 0. The standard InChI is InChI=1S/C10H25NO6P2/c1-5-12-18(13-6-2)16-9-10(11)17-19(14-7-3)15-8-4/h10H,5-9,11H2,1-4H3. The van der Waals surface area contributed by atoms with E-state index in [1.807, 2.05) is 27.7 Å². The van der Waals surface area contributed by atoms with Crippen molar-refractivity contribution >= 4 is 17.2 Å². The summed E-state index contributed by atoms with van der Waals surface area (Å²) in [6, 6.07) is 0. The molecule has 1 atom stereocenters. The van der Waals surface area contributed by atoms with Crippen molar-refractivity contribution in [2.24, 2.45) is 5.73 Å². The van der Waals surface area contributed by atoms with Gasteiger partial charge in [0.05, 0.1) is 33.0 Å². The van der Waals surface area contributed by atoms with Gasteiger partial charge >= 0.3 is 17.2 Å². The van der Waals surface area contributed by atoms with E-state index in [-0.39, 0.29) is 6.61 Å². The first kappa shape index (κ1) is 19.6. The summed E-state index contributed by atoms with van der Waals surface area (Å²) in [7, 11) is -2.79. The van der Waals surface area contributed by atoms with Crippen LogP contribution in [0, 0.1) is 0 Å². The quantitative estimate of drug-likeness (QED) is 0.413. The highest BCUT2D eigenvalue weighted by molar-refractivity contribution is 7.42. The summed E-state index contributed by atoms with van der Waals surface area (Å²) in [5, 5.41) is 0. The zero-order valence-electron chi connectivity index (χ0n) is 12.0. The van der Waals surface area contributed by atoms with Gasteiger partial charge in [-0.25, -0.2) is 0 Å². The minimum Gasteiger partial charge on any atom is -0.313 e. The summed E-state index contributed by atoms with van der Waals surface area (Å²) in [5.41, 5.74) is 5.78. The largest absolute Gasteiger partial charge is 0.334 e. The molecule has 0 heterocycles. The number of nitrogens with two attached hydrogens (primary N) is 1. The number of hydrogen-bond acceptors (Lipinski definition) is 7. The Bertz CT molecular complexity index is 191. The number of hydrogen-bond donors (Lipinski definition) is 1. The van der Waals surface area contributed by atoms with Gasteiger partial charge in [-0.05, 0) is 27.7 Å². The number of rotatable bonds is 13. The molecule has 0 aliphatic carbocycles. The van der Waals surface area contributed by atoms with Crippen LogP contribution in [-0.2, 0) is 27.1 Å². The van der Waals surface area contributed by atoms with E-state index < -0.39 is 23.4 Å². The zero-order valence-corrected chi connectivity index (χ0v) is 13.8. The highest BCUT2D eigenvalue weighted by atomic mass is 31.2. The predicted molar refractivity (Wildman–Crippen MR) is 75.4 cm³/mol. The second kappa shape index (κ2) is 13.6. The molecule has 9 heteroatoms. The van der Waals surface area contributed by atoms with Crippen LogP contribution in [0.3, 0.4) is 0 Å². The monoisotopic (exact) mass is 317 g/mol. The van der Waals surface area contributed by atoms with Gasteiger partial charge in [-0.3, -0.25) is 4.52 Å². The summed E-state index contributed by atoms with van der Waals surface area (Å²) < 4.78 is 32.0. The van der Waals surface area contributed by atoms with Crippen LogP contribution >= 0.6 is 17.2 Å². The molecule has 0 aliphatic heterocycles. The molecule has 0 spiro atoms. The first-order valence-corrected chi connectivity index (χ1v) is 8.54. The van der Waals surface area contributed by atoms with Gasteiger partial charge in [0, 0.05) is 0 Å². The van der Waals surface area contributed by atoms with Gasteiger partial charge in [-0.1, -0.05) is 0 Å². The molecule has 0 rings (SSSR count). The molecule has 0 bridgehead atoms. The molecule has 0 aromatic carbocycles. The fraction of sp³-hybridized carbons (Fsp3) is 1.00. The lowest BCUT2D eigenvalue weighted by Gasteiger charge is -2.21. The van der Waals surface area contributed by atoms with Crippen LogP contribution in [0.4, 0.5) is 0 Å². The normalized spacial score (nSPS) is 13.4. The Balaban J connectivity index is 3.94. The summed E-state index contributed by atoms with van der Waals surface area (Å²) in [6.45, 7) is 9.68. The van der Waals surface area contributed by atoms with Crippen molar-refractivity contribution in [2.75, 3.05) is 33.0 Å². The molecule has 2 N–H and O–H groups in total. The van der Waals surface area contributed by atoms with E-state index in [1.54, 1.807) is 0 Å². The van der Waals surface area contributed by atoms with Crippen LogP contribution in [-0.4, -0.2) is 39.3 Å². The van der Waals surface area contributed by atoms with Crippen molar-refractivity contribution in [3.8, 4) is 0 Å². The third kappa shape index (κ3) is 11.0. The Morgan fingerprint density at radius 1 is 0.737 bits per heavy atom. The molecule has 19 heavy (non-hydrogen) atoms. The molecule has 0 fully saturated rings. The van der Waals surface area contributed by atoms with Crippen LogP contribution in [0.25, 0.3) is 0 Å². The van der Waals surface area contributed by atoms with Gasteiger partial charge in [-0.15, -0.1) is 0 Å². The van der Waals surface area contributed by atoms with E-state index in [0.717, 1.165) is 0 Å². The lowest BCUT2D eigenvalue weighted by atomic mass is 10.7. The molecule has 0 saturated heterocycles. The maximum atomic E-state index is 5.78. The van der Waals surface area contributed by atoms with E-state index in [1.165, 1.54) is 0 Å². The first-order valence-electron chi connectivity index (χ1n) is 6.34. The van der Waals surface area contributed by atoms with Crippen molar-refractivity contribution in [3.05, 3.63) is 0 Å². The summed E-state index contributed by atoms with van der Waals surface area (Å²) in [6.07, 6.45) is -0.643. The van der Waals surface area contributed by atoms with Crippen LogP contribution in [0.15, 0.2) is 0 Å². The molecule has 0 radical (unpaired) electrons. The molecule has 0 aliphatic rings. The van der Waals surface area contributed by atoms with Gasteiger partial charge in [0.15, 0.2) is 0 Å². The van der Waals surface area contributed by atoms with E-state index in [9.17, 15) is 0 Å². The summed E-state index contributed by atoms with van der Waals surface area (Å²) in [4.78, 5) is 0. The van der Waals surface area contributed by atoms with E-state index >= 15 is 0 Å². The second-order valence-corrected chi connectivity index (χ2v) is 5.45. The SMILES string of the molecule is CCOP(OCC)OCC(N)OP(OCC)OCC. The molecule has 0 aromatic heterocycles. The molecule has 0 aromatic rings. The average molecular weight is 317 g/mol. The van der Waals surface area contributed by atoms with E-state index in [4.69, 9.17) is 32.9 Å². The lowest BCUT2D eigenvalue weighted by molar-refractivity contribution is 0.0759. The molecule has 7 nitrogen and oxygen atoms in total. The lowest BCUT2D eigenvalue weighted by Crippen LogP contribution is -2.27. The minimum atomic E-state index is -1.43. The second-order valence-electron chi connectivity index (χ2n) is 3.06. The van der Waals surface area contributed by atoms with E-state index in [2.05, 4.69) is 0 Å².